The van der Waals surface area contributed by atoms with Crippen LogP contribution in [0.25, 0.3) is 0 Å². The highest BCUT2D eigenvalue weighted by Gasteiger charge is 2.55. The molecule has 0 saturated carbocycles. The summed E-state index contributed by atoms with van der Waals surface area (Å²) in [4.78, 5) is 11.7. The Bertz CT molecular complexity index is 452. The SMILES string of the molecule is CC1[C@@H](COC(=O)c2ccccc2)O[C@@H](Br)C1(F)F. The lowest BCUT2D eigenvalue weighted by Crippen LogP contribution is -2.32. The van der Waals surface area contributed by atoms with Crippen LogP contribution in [0.2, 0.25) is 0 Å². The molecule has 2 rings (SSSR count). The van der Waals surface area contributed by atoms with Gasteiger partial charge in [0.15, 0.2) is 5.01 Å². The monoisotopic (exact) mass is 334 g/mol. The molecule has 3 atom stereocenters. The quantitative estimate of drug-likeness (QED) is 0.628. The summed E-state index contributed by atoms with van der Waals surface area (Å²) in [6, 6.07) is 8.38. The molecule has 1 saturated heterocycles. The minimum atomic E-state index is -2.97. The molecule has 1 fully saturated rings. The molecule has 1 unspecified atom stereocenters. The van der Waals surface area contributed by atoms with Crippen LogP contribution in [-0.2, 0) is 9.47 Å². The minimum absolute atomic E-state index is 0.188. The summed E-state index contributed by atoms with van der Waals surface area (Å²) < 4.78 is 37.1. The second kappa shape index (κ2) is 5.54. The van der Waals surface area contributed by atoms with Crippen LogP contribution in [0.4, 0.5) is 8.78 Å². The van der Waals surface area contributed by atoms with E-state index in [0.29, 0.717) is 5.56 Å². The summed E-state index contributed by atoms with van der Waals surface area (Å²) in [5.74, 6) is -4.53. The molecule has 0 radical (unpaired) electrons. The summed E-state index contributed by atoms with van der Waals surface area (Å²) in [7, 11) is 0. The first-order chi connectivity index (χ1) is 8.93. The largest absolute Gasteiger partial charge is 0.459 e. The molecule has 0 spiro atoms. The van der Waals surface area contributed by atoms with E-state index in [-0.39, 0.29) is 6.61 Å². The van der Waals surface area contributed by atoms with Crippen molar-refractivity contribution in [2.75, 3.05) is 6.61 Å². The maximum atomic E-state index is 13.5. The first-order valence-electron chi connectivity index (χ1n) is 5.82. The van der Waals surface area contributed by atoms with Crippen LogP contribution in [0.1, 0.15) is 17.3 Å². The Labute approximate surface area is 118 Å². The Balaban J connectivity index is 1.92. The van der Waals surface area contributed by atoms with E-state index < -0.39 is 28.9 Å². The fourth-order valence-electron chi connectivity index (χ4n) is 1.82. The van der Waals surface area contributed by atoms with Crippen molar-refractivity contribution in [3.63, 3.8) is 0 Å². The molecule has 0 aromatic heterocycles. The molecule has 0 N–H and O–H groups in total. The number of benzene rings is 1. The van der Waals surface area contributed by atoms with E-state index in [1.54, 1.807) is 30.3 Å². The fraction of sp³-hybridized carbons (Fsp3) is 0.462. The molecule has 3 nitrogen and oxygen atoms in total. The van der Waals surface area contributed by atoms with E-state index in [1.807, 2.05) is 0 Å². The summed E-state index contributed by atoms with van der Waals surface area (Å²) in [6.07, 6.45) is -0.813. The first kappa shape index (κ1) is 14.4. The fourth-order valence-corrected chi connectivity index (χ4v) is 2.51. The van der Waals surface area contributed by atoms with Crippen molar-refractivity contribution in [3.8, 4) is 0 Å². The highest BCUT2D eigenvalue weighted by atomic mass is 79.9. The molecule has 1 aromatic rings. The molecular weight excluding hydrogens is 322 g/mol. The van der Waals surface area contributed by atoms with E-state index in [0.717, 1.165) is 0 Å². The van der Waals surface area contributed by atoms with Crippen LogP contribution in [0.15, 0.2) is 30.3 Å². The number of halogens is 3. The zero-order valence-electron chi connectivity index (χ0n) is 10.2. The third-order valence-corrected chi connectivity index (χ3v) is 3.98. The van der Waals surface area contributed by atoms with Gasteiger partial charge in [-0.05, 0) is 12.1 Å². The molecule has 1 aliphatic heterocycles. The van der Waals surface area contributed by atoms with Gasteiger partial charge in [0.05, 0.1) is 11.5 Å². The van der Waals surface area contributed by atoms with E-state index >= 15 is 0 Å². The maximum absolute atomic E-state index is 13.5. The lowest BCUT2D eigenvalue weighted by molar-refractivity contribution is -0.0441. The van der Waals surface area contributed by atoms with Gasteiger partial charge in [-0.2, -0.15) is 0 Å². The number of carbonyl (C=O) groups is 1. The van der Waals surface area contributed by atoms with E-state index in [1.165, 1.54) is 6.92 Å². The highest BCUT2D eigenvalue weighted by Crippen LogP contribution is 2.43. The van der Waals surface area contributed by atoms with Crippen molar-refractivity contribution in [3.05, 3.63) is 35.9 Å². The average molecular weight is 335 g/mol. The number of hydrogen-bond acceptors (Lipinski definition) is 3. The molecule has 0 amide bonds. The van der Waals surface area contributed by atoms with Crippen molar-refractivity contribution in [1.29, 1.82) is 0 Å². The molecule has 1 aromatic carbocycles. The zero-order valence-corrected chi connectivity index (χ0v) is 11.8. The van der Waals surface area contributed by atoms with Gasteiger partial charge in [0.2, 0.25) is 0 Å². The Morgan fingerprint density at radius 1 is 1.42 bits per heavy atom. The van der Waals surface area contributed by atoms with Gasteiger partial charge in [-0.15, -0.1) is 0 Å². The Morgan fingerprint density at radius 2 is 2.05 bits per heavy atom. The van der Waals surface area contributed by atoms with Gasteiger partial charge in [0.25, 0.3) is 5.92 Å². The van der Waals surface area contributed by atoms with Crippen molar-refractivity contribution in [1.82, 2.24) is 0 Å². The predicted octanol–water partition coefficient (Wildman–Crippen LogP) is 3.23. The van der Waals surface area contributed by atoms with Gasteiger partial charge in [0.1, 0.15) is 12.7 Å². The van der Waals surface area contributed by atoms with Gasteiger partial charge in [0, 0.05) is 0 Å². The second-order valence-electron chi connectivity index (χ2n) is 4.42. The summed E-state index contributed by atoms with van der Waals surface area (Å²) in [5.41, 5.74) is 0.385. The topological polar surface area (TPSA) is 35.5 Å². The molecule has 1 heterocycles. The Hall–Kier alpha value is -1.01. The maximum Gasteiger partial charge on any atom is 0.338 e. The molecule has 1 aliphatic rings. The summed E-state index contributed by atoms with van der Waals surface area (Å²) in [6.45, 7) is 1.19. The van der Waals surface area contributed by atoms with Crippen LogP contribution < -0.4 is 0 Å². The van der Waals surface area contributed by atoms with Gasteiger partial charge < -0.3 is 9.47 Å². The molecule has 6 heteroatoms. The van der Waals surface area contributed by atoms with Crippen molar-refractivity contribution < 1.29 is 23.0 Å². The normalized spacial score (nSPS) is 29.2. The molecule has 0 aliphatic carbocycles. The third-order valence-electron chi connectivity index (χ3n) is 3.15. The number of esters is 1. The van der Waals surface area contributed by atoms with Gasteiger partial charge in [-0.1, -0.05) is 41.1 Å². The third kappa shape index (κ3) is 2.95. The molecule has 0 bridgehead atoms. The molecule has 19 heavy (non-hydrogen) atoms. The average Bonchev–Trinajstić information content (AvgIpc) is 2.60. The Kier molecular flexibility index (Phi) is 4.20. The lowest BCUT2D eigenvalue weighted by Gasteiger charge is -2.17. The molecule has 104 valence electrons. The van der Waals surface area contributed by atoms with Crippen molar-refractivity contribution in [2.24, 2.45) is 5.92 Å². The van der Waals surface area contributed by atoms with Crippen LogP contribution in [-0.4, -0.2) is 29.6 Å². The highest BCUT2D eigenvalue weighted by molar-refractivity contribution is 9.09. The minimum Gasteiger partial charge on any atom is -0.459 e. The van der Waals surface area contributed by atoms with Crippen molar-refractivity contribution >= 4 is 21.9 Å². The lowest BCUT2D eigenvalue weighted by atomic mass is 10.0. The molecular formula is C13H13BrF2O3. The van der Waals surface area contributed by atoms with Crippen LogP contribution in [0.5, 0.6) is 0 Å². The smallest absolute Gasteiger partial charge is 0.338 e. The van der Waals surface area contributed by atoms with Crippen LogP contribution >= 0.6 is 15.9 Å². The van der Waals surface area contributed by atoms with Crippen LogP contribution in [0, 0.1) is 5.92 Å². The zero-order chi connectivity index (χ0) is 14.0. The standard InChI is InChI=1S/C13H13BrF2O3/c1-8-10(19-12(14)13(8,15)16)7-18-11(17)9-5-3-2-4-6-9/h2-6,8,10,12H,7H2,1H3/t8?,10-,12-/m1/s1. The van der Waals surface area contributed by atoms with E-state index in [9.17, 15) is 13.6 Å². The number of alkyl halides is 3. The second-order valence-corrected chi connectivity index (χ2v) is 5.25. The predicted molar refractivity (Wildman–Crippen MR) is 68.4 cm³/mol. The van der Waals surface area contributed by atoms with Crippen molar-refractivity contribution in [2.45, 2.75) is 24.0 Å². The van der Waals surface area contributed by atoms with Gasteiger partial charge in [-0.25, -0.2) is 13.6 Å². The number of carbonyl (C=O) groups excluding carboxylic acids is 1. The van der Waals surface area contributed by atoms with Crippen LogP contribution in [0.3, 0.4) is 0 Å². The number of ether oxygens (including phenoxy) is 2. The van der Waals surface area contributed by atoms with E-state index in [2.05, 4.69) is 15.9 Å². The Morgan fingerprint density at radius 3 is 2.58 bits per heavy atom. The number of hydrogen-bond donors (Lipinski definition) is 0. The van der Waals surface area contributed by atoms with E-state index in [4.69, 9.17) is 9.47 Å². The number of rotatable bonds is 3. The first-order valence-corrected chi connectivity index (χ1v) is 6.74. The van der Waals surface area contributed by atoms with Gasteiger partial charge in [-0.3, -0.25) is 0 Å². The van der Waals surface area contributed by atoms with Gasteiger partial charge >= 0.3 is 5.97 Å². The summed E-state index contributed by atoms with van der Waals surface area (Å²) >= 11 is 2.78. The summed E-state index contributed by atoms with van der Waals surface area (Å²) in [5, 5.41) is -1.34.